The van der Waals surface area contributed by atoms with Gasteiger partial charge in [-0.15, -0.1) is 0 Å². The molecule has 2 N–H and O–H groups in total. The van der Waals surface area contributed by atoms with Crippen molar-refractivity contribution in [2.45, 2.75) is 6.61 Å². The number of likely N-dealkylation sites (N-methyl/N-ethyl adjacent to an activating group) is 1. The van der Waals surface area contributed by atoms with Crippen LogP contribution < -0.4 is 5.32 Å². The van der Waals surface area contributed by atoms with Gasteiger partial charge in [0.15, 0.2) is 0 Å². The normalized spacial score (nSPS) is 11.6. The maximum Gasteiger partial charge on any atom is 0.253 e. The van der Waals surface area contributed by atoms with Crippen molar-refractivity contribution in [3.05, 3.63) is 59.7 Å². The molecule has 6 heteroatoms. The molecule has 0 aliphatic carbocycles. The van der Waals surface area contributed by atoms with Gasteiger partial charge in [-0.3, -0.25) is 4.79 Å². The number of carbonyl (C=O) groups excluding carboxylic acids is 1. The van der Waals surface area contributed by atoms with Crippen molar-refractivity contribution in [3.63, 3.8) is 0 Å². The van der Waals surface area contributed by atoms with E-state index in [9.17, 15) is 9.90 Å². The minimum absolute atomic E-state index is 0.0383. The van der Waals surface area contributed by atoms with Crippen LogP contribution in [0, 0.1) is 0 Å². The van der Waals surface area contributed by atoms with Crippen molar-refractivity contribution < 1.29 is 9.90 Å². The van der Waals surface area contributed by atoms with Gasteiger partial charge in [-0.1, -0.05) is 30.3 Å². The van der Waals surface area contributed by atoms with E-state index >= 15 is 0 Å². The molecule has 0 spiro atoms. The number of nitrogens with one attached hydrogen (secondary N) is 1. The summed E-state index contributed by atoms with van der Waals surface area (Å²) in [5.41, 5.74) is 4.12. The quantitative estimate of drug-likeness (QED) is 0.415. The molecule has 1 amide bonds. The number of para-hydroxylation sites is 1. The zero-order chi connectivity index (χ0) is 19.7. The molecule has 142 valence electrons. The third-order valence-electron chi connectivity index (χ3n) is 4.84. The lowest BCUT2D eigenvalue weighted by Crippen LogP contribution is -2.31. The highest BCUT2D eigenvalue weighted by molar-refractivity contribution is 6.10. The minimum atomic E-state index is -0.155. The number of aromatic nitrogens is 2. The predicted octanol–water partition coefficient (Wildman–Crippen LogP) is 2.72. The van der Waals surface area contributed by atoms with Crippen LogP contribution in [-0.4, -0.2) is 53.1 Å². The lowest BCUT2D eigenvalue weighted by molar-refractivity contribution is 0.0952. The number of benzene rings is 3. The van der Waals surface area contributed by atoms with Gasteiger partial charge >= 0.3 is 0 Å². The molecule has 1 aromatic heterocycles. The summed E-state index contributed by atoms with van der Waals surface area (Å²) in [5.74, 6) is -0.155. The highest BCUT2D eigenvalue weighted by Gasteiger charge is 2.14. The number of hydrogen-bond donors (Lipinski definition) is 2. The van der Waals surface area contributed by atoms with E-state index in [1.54, 1.807) is 6.07 Å². The van der Waals surface area contributed by atoms with Crippen LogP contribution in [-0.2, 0) is 6.61 Å². The van der Waals surface area contributed by atoms with Gasteiger partial charge in [-0.25, -0.2) is 9.97 Å². The number of fused-ring (bicyclic) bond motifs is 4. The van der Waals surface area contributed by atoms with Crippen LogP contribution >= 0.6 is 0 Å². The average Bonchev–Trinajstić information content (AvgIpc) is 2.70. The first-order chi connectivity index (χ1) is 13.6. The van der Waals surface area contributed by atoms with Crippen molar-refractivity contribution in [2.75, 3.05) is 27.2 Å². The van der Waals surface area contributed by atoms with Crippen LogP contribution in [0.15, 0.2) is 48.5 Å². The van der Waals surface area contributed by atoms with E-state index in [4.69, 9.17) is 9.97 Å². The van der Waals surface area contributed by atoms with Gasteiger partial charge in [0.2, 0.25) is 0 Å². The van der Waals surface area contributed by atoms with Gasteiger partial charge in [0, 0.05) is 18.5 Å². The fourth-order valence-corrected chi connectivity index (χ4v) is 3.39. The first-order valence-corrected chi connectivity index (χ1v) is 9.23. The summed E-state index contributed by atoms with van der Waals surface area (Å²) in [4.78, 5) is 24.3. The number of hydrogen-bond acceptors (Lipinski definition) is 5. The van der Waals surface area contributed by atoms with Crippen LogP contribution in [0.25, 0.3) is 32.8 Å². The molecule has 0 saturated carbocycles. The zero-order valence-corrected chi connectivity index (χ0v) is 15.9. The van der Waals surface area contributed by atoms with E-state index in [0.29, 0.717) is 23.1 Å². The Balaban J connectivity index is 1.87. The Bertz CT molecular complexity index is 1190. The van der Waals surface area contributed by atoms with Crippen molar-refractivity contribution in [3.8, 4) is 0 Å². The van der Waals surface area contributed by atoms with Crippen molar-refractivity contribution >= 4 is 38.7 Å². The molecule has 0 atom stereocenters. The molecule has 0 unspecified atom stereocenters. The maximum atomic E-state index is 12.7. The van der Waals surface area contributed by atoms with E-state index in [1.807, 2.05) is 61.5 Å². The Kier molecular flexibility index (Phi) is 4.90. The first-order valence-electron chi connectivity index (χ1n) is 9.23. The molecule has 0 aliphatic rings. The molecule has 4 aromatic rings. The number of aliphatic hydroxyl groups is 1. The molecule has 0 fully saturated rings. The zero-order valence-electron chi connectivity index (χ0n) is 15.9. The second-order valence-corrected chi connectivity index (χ2v) is 7.06. The van der Waals surface area contributed by atoms with Gasteiger partial charge in [-0.05, 0) is 43.2 Å². The summed E-state index contributed by atoms with van der Waals surface area (Å²) >= 11 is 0. The molecule has 28 heavy (non-hydrogen) atoms. The molecule has 6 nitrogen and oxygen atoms in total. The Hall–Kier alpha value is -3.09. The number of nitrogens with zero attached hydrogens (tertiary/aromatic N) is 3. The third kappa shape index (κ3) is 3.28. The summed E-state index contributed by atoms with van der Waals surface area (Å²) in [6.45, 7) is 1.29. The standard InChI is InChI=1S/C22H22N4O2/c1-26(2)12-11-23-22(28)17-7-4-8-18-21(17)25-20-16-6-3-5-14(13-27)15(16)9-10-19(20)24-18/h3-10,27H,11-13H2,1-2H3,(H,23,28). The van der Waals surface area contributed by atoms with Gasteiger partial charge in [0.25, 0.3) is 5.91 Å². The van der Waals surface area contributed by atoms with Crippen molar-refractivity contribution in [2.24, 2.45) is 0 Å². The molecular weight excluding hydrogens is 352 g/mol. The van der Waals surface area contributed by atoms with Crippen LogP contribution in [0.3, 0.4) is 0 Å². The van der Waals surface area contributed by atoms with Gasteiger partial charge in [0.1, 0.15) is 5.52 Å². The molecule has 0 bridgehead atoms. The van der Waals surface area contributed by atoms with E-state index in [0.717, 1.165) is 33.9 Å². The molecule has 3 aromatic carbocycles. The Morgan fingerprint density at radius 1 is 0.964 bits per heavy atom. The van der Waals surface area contributed by atoms with Crippen molar-refractivity contribution in [1.82, 2.24) is 20.2 Å². The summed E-state index contributed by atoms with van der Waals surface area (Å²) in [6.07, 6.45) is 0. The monoisotopic (exact) mass is 374 g/mol. The molecule has 0 saturated heterocycles. The predicted molar refractivity (Wildman–Crippen MR) is 111 cm³/mol. The third-order valence-corrected chi connectivity index (χ3v) is 4.84. The SMILES string of the molecule is CN(C)CCNC(=O)c1cccc2nc3ccc4c(CO)cccc4c3nc12. The number of carbonyl (C=O) groups is 1. The lowest BCUT2D eigenvalue weighted by atomic mass is 10.0. The van der Waals surface area contributed by atoms with Crippen LogP contribution in [0.1, 0.15) is 15.9 Å². The van der Waals surface area contributed by atoms with Crippen LogP contribution in [0.4, 0.5) is 0 Å². The molecule has 0 radical (unpaired) electrons. The Labute approximate surface area is 162 Å². The topological polar surface area (TPSA) is 78.4 Å². The summed E-state index contributed by atoms with van der Waals surface area (Å²) in [5, 5.41) is 14.4. The van der Waals surface area contributed by atoms with E-state index in [1.165, 1.54) is 0 Å². The summed E-state index contributed by atoms with van der Waals surface area (Å²) in [6, 6.07) is 15.1. The summed E-state index contributed by atoms with van der Waals surface area (Å²) in [7, 11) is 3.93. The largest absolute Gasteiger partial charge is 0.392 e. The van der Waals surface area contributed by atoms with Gasteiger partial charge < -0.3 is 15.3 Å². The van der Waals surface area contributed by atoms with Crippen LogP contribution in [0.2, 0.25) is 0 Å². The fourth-order valence-electron chi connectivity index (χ4n) is 3.39. The smallest absolute Gasteiger partial charge is 0.253 e. The maximum absolute atomic E-state index is 12.7. The van der Waals surface area contributed by atoms with E-state index in [-0.39, 0.29) is 12.5 Å². The first kappa shape index (κ1) is 18.3. The van der Waals surface area contributed by atoms with Crippen molar-refractivity contribution in [1.29, 1.82) is 0 Å². The minimum Gasteiger partial charge on any atom is -0.392 e. The van der Waals surface area contributed by atoms with Gasteiger partial charge in [-0.2, -0.15) is 0 Å². The van der Waals surface area contributed by atoms with E-state index < -0.39 is 0 Å². The lowest BCUT2D eigenvalue weighted by Gasteiger charge is -2.12. The van der Waals surface area contributed by atoms with Gasteiger partial charge in [0.05, 0.1) is 28.7 Å². The number of aliphatic hydroxyl groups excluding tert-OH is 1. The second-order valence-electron chi connectivity index (χ2n) is 7.06. The Morgan fingerprint density at radius 2 is 1.75 bits per heavy atom. The van der Waals surface area contributed by atoms with Crippen LogP contribution in [0.5, 0.6) is 0 Å². The highest BCUT2D eigenvalue weighted by atomic mass is 16.3. The molecular formula is C22H22N4O2. The van der Waals surface area contributed by atoms with E-state index in [2.05, 4.69) is 5.32 Å². The highest BCUT2D eigenvalue weighted by Crippen LogP contribution is 2.28. The molecule has 4 rings (SSSR count). The fraction of sp³-hybridized carbons (Fsp3) is 0.227. The Morgan fingerprint density at radius 3 is 2.54 bits per heavy atom. The molecule has 1 heterocycles. The number of amides is 1. The molecule has 0 aliphatic heterocycles. The number of rotatable bonds is 5. The average molecular weight is 374 g/mol. The second kappa shape index (κ2) is 7.50. The summed E-state index contributed by atoms with van der Waals surface area (Å²) < 4.78 is 0.